The number of carbonyl (C=O) groups excluding carboxylic acids is 2. The van der Waals surface area contributed by atoms with Crippen LogP contribution in [0.5, 0.6) is 0 Å². The van der Waals surface area contributed by atoms with Crippen molar-refractivity contribution in [3.05, 3.63) is 71.8 Å². The minimum Gasteiger partial charge on any atom is -0.458 e. The van der Waals surface area contributed by atoms with E-state index in [0.717, 1.165) is 0 Å². The molecule has 2 aromatic rings. The minimum absolute atomic E-state index is 0.0771. The second-order valence-electron chi connectivity index (χ2n) is 6.44. The third-order valence-electron chi connectivity index (χ3n) is 3.68. The summed E-state index contributed by atoms with van der Waals surface area (Å²) in [4.78, 5) is 24.4. The molecule has 0 fully saturated rings. The van der Waals surface area contributed by atoms with E-state index < -0.39 is 25.2 Å². The van der Waals surface area contributed by atoms with Crippen LogP contribution in [-0.4, -0.2) is 44.1 Å². The standard InChI is InChI=1S/C20H23O5P/c1-26(2,23)14-13-18(25-20(22)17-11-7-4-8-12-17)15-24-19(21)16-9-5-3-6-10-16/h3-12,18H,13-15H2,1-2H3. The molecule has 1 atom stereocenters. The molecule has 0 amide bonds. The third kappa shape index (κ3) is 6.85. The van der Waals surface area contributed by atoms with Gasteiger partial charge in [0, 0.05) is 6.16 Å². The molecule has 0 radical (unpaired) electrons. The number of rotatable bonds is 8. The van der Waals surface area contributed by atoms with Crippen molar-refractivity contribution in [3.8, 4) is 0 Å². The summed E-state index contributed by atoms with van der Waals surface area (Å²) in [5.41, 5.74) is 0.848. The normalized spacial score (nSPS) is 12.2. The Hall–Kier alpha value is -2.39. The van der Waals surface area contributed by atoms with Crippen molar-refractivity contribution in [1.82, 2.24) is 0 Å². The highest BCUT2D eigenvalue weighted by atomic mass is 31.2. The molecule has 26 heavy (non-hydrogen) atoms. The van der Waals surface area contributed by atoms with Crippen LogP contribution in [0.3, 0.4) is 0 Å². The van der Waals surface area contributed by atoms with E-state index in [1.807, 2.05) is 0 Å². The summed E-state index contributed by atoms with van der Waals surface area (Å²) in [7, 11) is -2.27. The van der Waals surface area contributed by atoms with E-state index >= 15 is 0 Å². The van der Waals surface area contributed by atoms with Gasteiger partial charge in [0.15, 0.2) is 0 Å². The van der Waals surface area contributed by atoms with E-state index in [4.69, 9.17) is 9.47 Å². The summed E-state index contributed by atoms with van der Waals surface area (Å²) in [6.07, 6.45) is 0.122. The van der Waals surface area contributed by atoms with Gasteiger partial charge < -0.3 is 14.0 Å². The molecule has 0 spiro atoms. The van der Waals surface area contributed by atoms with E-state index in [0.29, 0.717) is 23.7 Å². The van der Waals surface area contributed by atoms with Crippen LogP contribution in [0.2, 0.25) is 0 Å². The van der Waals surface area contributed by atoms with Gasteiger partial charge in [0.25, 0.3) is 0 Å². The van der Waals surface area contributed by atoms with Gasteiger partial charge in [-0.2, -0.15) is 0 Å². The summed E-state index contributed by atoms with van der Waals surface area (Å²) in [5.74, 6) is -0.976. The van der Waals surface area contributed by atoms with Crippen LogP contribution in [0, 0.1) is 0 Å². The first-order chi connectivity index (χ1) is 12.3. The van der Waals surface area contributed by atoms with Crippen molar-refractivity contribution in [2.45, 2.75) is 12.5 Å². The molecular formula is C20H23O5P. The number of ether oxygens (including phenoxy) is 2. The Balaban J connectivity index is 1.99. The Morgan fingerprint density at radius 2 is 1.38 bits per heavy atom. The van der Waals surface area contributed by atoms with Crippen LogP contribution in [0.25, 0.3) is 0 Å². The van der Waals surface area contributed by atoms with Crippen LogP contribution < -0.4 is 0 Å². The quantitative estimate of drug-likeness (QED) is 0.514. The van der Waals surface area contributed by atoms with Crippen LogP contribution in [-0.2, 0) is 14.0 Å². The summed E-state index contributed by atoms with van der Waals surface area (Å²) >= 11 is 0. The first-order valence-corrected chi connectivity index (χ1v) is 11.2. The fraction of sp³-hybridized carbons (Fsp3) is 0.300. The fourth-order valence-corrected chi connectivity index (χ4v) is 3.16. The highest BCUT2D eigenvalue weighted by Gasteiger charge is 2.21. The number of hydrogen-bond acceptors (Lipinski definition) is 5. The zero-order chi connectivity index (χ0) is 19.0. The Labute approximate surface area is 153 Å². The molecule has 0 saturated carbocycles. The van der Waals surface area contributed by atoms with Crippen molar-refractivity contribution in [2.24, 2.45) is 0 Å². The monoisotopic (exact) mass is 374 g/mol. The number of esters is 2. The first kappa shape index (κ1) is 19.9. The Morgan fingerprint density at radius 1 is 0.885 bits per heavy atom. The largest absolute Gasteiger partial charge is 0.458 e. The molecule has 1 unspecified atom stereocenters. The van der Waals surface area contributed by atoms with Crippen LogP contribution in [0.15, 0.2) is 60.7 Å². The molecule has 0 aliphatic rings. The summed E-state index contributed by atoms with van der Waals surface area (Å²) < 4.78 is 22.8. The highest BCUT2D eigenvalue weighted by molar-refractivity contribution is 7.62. The maximum atomic E-state index is 12.3. The van der Waals surface area contributed by atoms with E-state index in [9.17, 15) is 14.2 Å². The molecule has 0 aliphatic heterocycles. The number of carbonyl (C=O) groups is 2. The van der Waals surface area contributed by atoms with Gasteiger partial charge in [-0.1, -0.05) is 36.4 Å². The van der Waals surface area contributed by atoms with E-state index in [1.165, 1.54) is 0 Å². The average molecular weight is 374 g/mol. The molecule has 6 heteroatoms. The van der Waals surface area contributed by atoms with Gasteiger partial charge in [-0.25, -0.2) is 9.59 Å². The maximum Gasteiger partial charge on any atom is 0.338 e. The summed E-state index contributed by atoms with van der Waals surface area (Å²) in [6.45, 7) is 3.28. The molecule has 0 aromatic heterocycles. The van der Waals surface area contributed by atoms with Crippen molar-refractivity contribution < 1.29 is 23.6 Å². The lowest BCUT2D eigenvalue weighted by atomic mass is 10.2. The predicted molar refractivity (Wildman–Crippen MR) is 101 cm³/mol. The summed E-state index contributed by atoms with van der Waals surface area (Å²) in [5, 5.41) is 0. The molecule has 0 saturated heterocycles. The van der Waals surface area contributed by atoms with Crippen LogP contribution in [0.1, 0.15) is 27.1 Å². The van der Waals surface area contributed by atoms with Crippen LogP contribution >= 0.6 is 7.14 Å². The molecule has 2 aromatic carbocycles. The lowest BCUT2D eigenvalue weighted by molar-refractivity contribution is -0.00126. The molecule has 0 aliphatic carbocycles. The van der Waals surface area contributed by atoms with E-state index in [1.54, 1.807) is 74.0 Å². The van der Waals surface area contributed by atoms with Crippen molar-refractivity contribution in [3.63, 3.8) is 0 Å². The van der Waals surface area contributed by atoms with Crippen molar-refractivity contribution in [2.75, 3.05) is 26.1 Å². The fourth-order valence-electron chi connectivity index (χ4n) is 2.25. The van der Waals surface area contributed by atoms with Gasteiger partial charge in [0.2, 0.25) is 0 Å². The second-order valence-corrected chi connectivity index (χ2v) is 10.0. The Morgan fingerprint density at radius 3 is 1.88 bits per heavy atom. The van der Waals surface area contributed by atoms with Gasteiger partial charge in [0.1, 0.15) is 12.7 Å². The maximum absolute atomic E-state index is 12.3. The summed E-state index contributed by atoms with van der Waals surface area (Å²) in [6, 6.07) is 17.2. The first-order valence-electron chi connectivity index (χ1n) is 8.37. The lowest BCUT2D eigenvalue weighted by Crippen LogP contribution is -2.26. The van der Waals surface area contributed by atoms with E-state index in [2.05, 4.69) is 0 Å². The van der Waals surface area contributed by atoms with Gasteiger partial charge in [-0.15, -0.1) is 0 Å². The number of hydrogen-bond donors (Lipinski definition) is 0. The Bertz CT molecular complexity index is 767. The minimum atomic E-state index is -2.27. The molecule has 2 rings (SSSR count). The zero-order valence-electron chi connectivity index (χ0n) is 15.0. The van der Waals surface area contributed by atoms with Crippen molar-refractivity contribution >= 4 is 19.1 Å². The molecule has 0 heterocycles. The van der Waals surface area contributed by atoms with Gasteiger partial charge in [0.05, 0.1) is 18.3 Å². The van der Waals surface area contributed by atoms with Crippen LogP contribution in [0.4, 0.5) is 0 Å². The highest BCUT2D eigenvalue weighted by Crippen LogP contribution is 2.37. The lowest BCUT2D eigenvalue weighted by Gasteiger charge is -2.19. The van der Waals surface area contributed by atoms with Gasteiger partial charge in [-0.05, 0) is 44.0 Å². The average Bonchev–Trinajstić information content (AvgIpc) is 2.64. The van der Waals surface area contributed by atoms with Gasteiger partial charge in [-0.3, -0.25) is 0 Å². The topological polar surface area (TPSA) is 69.7 Å². The molecule has 138 valence electrons. The molecule has 0 N–H and O–H groups in total. The number of benzene rings is 2. The molecule has 0 bridgehead atoms. The smallest absolute Gasteiger partial charge is 0.338 e. The third-order valence-corrected chi connectivity index (χ3v) is 5.02. The second kappa shape index (κ2) is 9.35. The van der Waals surface area contributed by atoms with E-state index in [-0.39, 0.29) is 6.61 Å². The van der Waals surface area contributed by atoms with Gasteiger partial charge >= 0.3 is 11.9 Å². The van der Waals surface area contributed by atoms with Crippen molar-refractivity contribution in [1.29, 1.82) is 0 Å². The SMILES string of the molecule is CP(C)(=O)CCC(COC(=O)c1ccccc1)OC(=O)c1ccccc1. The predicted octanol–water partition coefficient (Wildman–Crippen LogP) is 4.08. The zero-order valence-corrected chi connectivity index (χ0v) is 15.9. The molecular weight excluding hydrogens is 351 g/mol. The Kier molecular flexibility index (Phi) is 7.16. The molecule has 5 nitrogen and oxygen atoms in total.